The molecular weight excluding hydrogens is 487 g/mol. The van der Waals surface area contributed by atoms with Crippen molar-refractivity contribution >= 4 is 7.82 Å². The van der Waals surface area contributed by atoms with Gasteiger partial charge in [-0.05, 0) is 24.7 Å². The summed E-state index contributed by atoms with van der Waals surface area (Å²) in [6.07, 6.45) is 22.9. The lowest BCUT2D eigenvalue weighted by atomic mass is 10.0. The number of ether oxygens (including phenoxy) is 2. The van der Waals surface area contributed by atoms with Gasteiger partial charge in [-0.1, -0.05) is 130 Å². The topological polar surface area (TPSA) is 77.1 Å². The fourth-order valence-corrected chi connectivity index (χ4v) is 4.96. The van der Waals surface area contributed by atoms with Crippen molar-refractivity contribution in [2.45, 2.75) is 143 Å². The van der Waals surface area contributed by atoms with Crippen LogP contribution in [0.25, 0.3) is 0 Å². The number of phosphoric acid groups is 1. The quantitative estimate of drug-likeness (QED) is 0.0658. The summed E-state index contributed by atoms with van der Waals surface area (Å²) in [6, 6.07) is 0. The van der Waals surface area contributed by atoms with Crippen LogP contribution in [-0.4, -0.2) is 39.6 Å². The number of unbranched alkanes of at least 4 members (excludes halogenated alkanes) is 14. The van der Waals surface area contributed by atoms with Crippen LogP contribution in [0.2, 0.25) is 0 Å². The maximum Gasteiger partial charge on any atom is 0.268 e. The predicted octanol–water partition coefficient (Wildman–Crippen LogP) is 8.86. The van der Waals surface area contributed by atoms with Crippen molar-refractivity contribution in [3.05, 3.63) is 0 Å². The molecule has 0 aromatic rings. The van der Waals surface area contributed by atoms with Gasteiger partial charge in [0.15, 0.2) is 0 Å². The molecule has 0 aliphatic carbocycles. The van der Waals surface area contributed by atoms with Gasteiger partial charge in [-0.2, -0.15) is 0 Å². The Morgan fingerprint density at radius 2 is 0.757 bits per heavy atom. The van der Waals surface area contributed by atoms with Crippen molar-refractivity contribution < 1.29 is 28.0 Å². The number of phosphoric ester groups is 1. The Morgan fingerprint density at radius 3 is 1.08 bits per heavy atom. The Bertz CT molecular complexity index is 460. The minimum absolute atomic E-state index is 0.00423. The van der Waals surface area contributed by atoms with Crippen LogP contribution in [0, 0.1) is 11.8 Å². The maximum absolute atomic E-state index is 11.8. The number of rotatable bonds is 30. The average Bonchev–Trinajstić information content (AvgIpc) is 2.84. The molecule has 0 aliphatic rings. The first-order valence-corrected chi connectivity index (χ1v) is 17.0. The average molecular weight is 550 g/mol. The van der Waals surface area contributed by atoms with Crippen molar-refractivity contribution in [2.24, 2.45) is 11.8 Å². The minimum Gasteiger partial charge on any atom is -0.756 e. The summed E-state index contributed by atoms with van der Waals surface area (Å²) in [5, 5.41) is 0. The molecule has 37 heavy (non-hydrogen) atoms. The summed E-state index contributed by atoms with van der Waals surface area (Å²) >= 11 is 0. The highest BCUT2D eigenvalue weighted by atomic mass is 31.2. The highest BCUT2D eigenvalue weighted by Crippen LogP contribution is 2.37. The molecule has 0 saturated carbocycles. The van der Waals surface area contributed by atoms with Crippen molar-refractivity contribution in [1.82, 2.24) is 0 Å². The molecule has 0 heterocycles. The van der Waals surface area contributed by atoms with E-state index in [1.165, 1.54) is 89.9 Å². The molecule has 0 atom stereocenters. The van der Waals surface area contributed by atoms with E-state index in [0.29, 0.717) is 13.2 Å². The Kier molecular flexibility index (Phi) is 27.6. The fraction of sp³-hybridized carbons (Fsp3) is 1.00. The highest BCUT2D eigenvalue weighted by molar-refractivity contribution is 7.45. The monoisotopic (exact) mass is 549 g/mol. The fourth-order valence-electron chi connectivity index (χ4n) is 4.29. The third-order valence-corrected chi connectivity index (χ3v) is 7.59. The Morgan fingerprint density at radius 1 is 0.459 bits per heavy atom. The summed E-state index contributed by atoms with van der Waals surface area (Å²) in [5.74, 6) is 1.65. The van der Waals surface area contributed by atoms with Crippen LogP contribution < -0.4 is 4.89 Å². The van der Waals surface area contributed by atoms with E-state index in [0.717, 1.165) is 37.5 Å². The van der Waals surface area contributed by atoms with E-state index in [1.807, 2.05) is 0 Å². The summed E-state index contributed by atoms with van der Waals surface area (Å²) < 4.78 is 32.4. The smallest absolute Gasteiger partial charge is 0.268 e. The van der Waals surface area contributed by atoms with Crippen molar-refractivity contribution in [1.29, 1.82) is 0 Å². The second-order valence-electron chi connectivity index (χ2n) is 11.4. The third kappa shape index (κ3) is 32.1. The zero-order valence-electron chi connectivity index (χ0n) is 25.0. The number of hydrogen-bond acceptors (Lipinski definition) is 6. The van der Waals surface area contributed by atoms with Gasteiger partial charge in [-0.3, -0.25) is 4.57 Å². The molecule has 6 nitrogen and oxygen atoms in total. The van der Waals surface area contributed by atoms with E-state index in [1.54, 1.807) is 0 Å². The van der Waals surface area contributed by atoms with Crippen LogP contribution >= 0.6 is 7.82 Å². The van der Waals surface area contributed by atoms with Gasteiger partial charge in [0.2, 0.25) is 0 Å². The van der Waals surface area contributed by atoms with E-state index in [9.17, 15) is 9.46 Å². The van der Waals surface area contributed by atoms with Gasteiger partial charge >= 0.3 is 0 Å². The molecular formula is C30H62O6P-. The largest absolute Gasteiger partial charge is 0.756 e. The van der Waals surface area contributed by atoms with E-state index < -0.39 is 7.82 Å². The second kappa shape index (κ2) is 27.6. The Labute approximate surface area is 230 Å². The third-order valence-electron chi connectivity index (χ3n) is 6.59. The molecule has 0 aromatic carbocycles. The Hall–Kier alpha value is 0.0300. The molecule has 0 N–H and O–H groups in total. The van der Waals surface area contributed by atoms with Gasteiger partial charge in [-0.25, -0.2) is 0 Å². The lowest BCUT2D eigenvalue weighted by Gasteiger charge is -2.22. The number of hydrogen-bond donors (Lipinski definition) is 0. The summed E-state index contributed by atoms with van der Waals surface area (Å²) in [4.78, 5) is 11.8. The minimum atomic E-state index is -4.28. The standard InChI is InChI=1S/C30H63O6P/c1-29(2)21-17-13-9-5-7-11-15-19-23-33-25-27-35-37(31,32)36-28-26-34-24-20-16-12-8-6-10-14-18-22-30(3)4/h29-30H,5-28H2,1-4H3,(H,31,32)/p-1. The summed E-state index contributed by atoms with van der Waals surface area (Å²) in [5.41, 5.74) is 0. The van der Waals surface area contributed by atoms with Gasteiger partial charge in [0.05, 0.1) is 26.4 Å². The van der Waals surface area contributed by atoms with E-state index in [4.69, 9.17) is 18.5 Å². The van der Waals surface area contributed by atoms with Gasteiger partial charge in [0, 0.05) is 13.2 Å². The molecule has 0 rings (SSSR count). The van der Waals surface area contributed by atoms with Crippen LogP contribution in [0.15, 0.2) is 0 Å². The van der Waals surface area contributed by atoms with Gasteiger partial charge in [0.25, 0.3) is 7.82 Å². The van der Waals surface area contributed by atoms with Crippen LogP contribution in [0.1, 0.15) is 143 Å². The van der Waals surface area contributed by atoms with Crippen LogP contribution in [0.5, 0.6) is 0 Å². The molecule has 0 radical (unpaired) electrons. The van der Waals surface area contributed by atoms with Gasteiger partial charge in [0.1, 0.15) is 0 Å². The molecule has 0 fully saturated rings. The molecule has 0 saturated heterocycles. The van der Waals surface area contributed by atoms with Crippen molar-refractivity contribution in [3.8, 4) is 0 Å². The van der Waals surface area contributed by atoms with E-state index in [-0.39, 0.29) is 26.4 Å². The van der Waals surface area contributed by atoms with Crippen molar-refractivity contribution in [2.75, 3.05) is 39.6 Å². The van der Waals surface area contributed by atoms with E-state index in [2.05, 4.69) is 27.7 Å². The second-order valence-corrected chi connectivity index (χ2v) is 12.8. The molecule has 0 aromatic heterocycles. The molecule has 0 bridgehead atoms. The maximum atomic E-state index is 11.8. The molecule has 7 heteroatoms. The predicted molar refractivity (Wildman–Crippen MR) is 154 cm³/mol. The van der Waals surface area contributed by atoms with Gasteiger partial charge in [-0.15, -0.1) is 0 Å². The highest BCUT2D eigenvalue weighted by Gasteiger charge is 2.09. The SMILES string of the molecule is CC(C)CCCCCCCCCCOCCOP(=O)([O-])OCCOCCCCCCCCCCC(C)C. The first kappa shape index (κ1) is 37.0. The lowest BCUT2D eigenvalue weighted by Crippen LogP contribution is -2.14. The van der Waals surface area contributed by atoms with E-state index >= 15 is 0 Å². The Balaban J connectivity index is 3.30. The lowest BCUT2D eigenvalue weighted by molar-refractivity contribution is -0.227. The van der Waals surface area contributed by atoms with Gasteiger partial charge < -0.3 is 23.4 Å². The van der Waals surface area contributed by atoms with Crippen LogP contribution in [0.4, 0.5) is 0 Å². The molecule has 0 amide bonds. The molecule has 224 valence electrons. The zero-order valence-corrected chi connectivity index (χ0v) is 25.9. The zero-order chi connectivity index (χ0) is 27.5. The molecule has 0 aliphatic heterocycles. The molecule has 0 spiro atoms. The summed E-state index contributed by atoms with van der Waals surface area (Å²) in [7, 11) is -4.28. The first-order chi connectivity index (χ1) is 17.8. The summed E-state index contributed by atoms with van der Waals surface area (Å²) in [6.45, 7) is 11.0. The first-order valence-electron chi connectivity index (χ1n) is 15.6. The van der Waals surface area contributed by atoms with Crippen molar-refractivity contribution in [3.63, 3.8) is 0 Å². The molecule has 0 unspecified atom stereocenters. The normalized spacial score (nSPS) is 12.3. The van der Waals surface area contributed by atoms with Crippen LogP contribution in [0.3, 0.4) is 0 Å². The van der Waals surface area contributed by atoms with Crippen LogP contribution in [-0.2, 0) is 23.1 Å².